The van der Waals surface area contributed by atoms with E-state index in [-0.39, 0.29) is 23.9 Å². The lowest BCUT2D eigenvalue weighted by Gasteiger charge is -2.48. The average Bonchev–Trinajstić information content (AvgIpc) is 3.10. The maximum atomic E-state index is 6.22. The van der Waals surface area contributed by atoms with Crippen molar-refractivity contribution in [3.05, 3.63) is 24.4 Å². The number of benzene rings is 1. The third-order valence-electron chi connectivity index (χ3n) is 7.85. The summed E-state index contributed by atoms with van der Waals surface area (Å²) < 4.78 is 14.6. The summed E-state index contributed by atoms with van der Waals surface area (Å²) in [6.07, 6.45) is 3.33. The smallest absolute Gasteiger partial charge is 0.399 e. The maximum absolute atomic E-state index is 6.22. The minimum absolute atomic E-state index is 0.162. The van der Waals surface area contributed by atoms with Gasteiger partial charge in [-0.05, 0) is 72.5 Å². The van der Waals surface area contributed by atoms with Crippen LogP contribution in [0.3, 0.4) is 0 Å². The van der Waals surface area contributed by atoms with Crippen LogP contribution >= 0.6 is 0 Å². The number of hydrogen-bond donors (Lipinski definition) is 0. The molecule has 5 nitrogen and oxygen atoms in total. The molecule has 0 bridgehead atoms. The Labute approximate surface area is 169 Å². The van der Waals surface area contributed by atoms with Gasteiger partial charge in [0.15, 0.2) is 0 Å². The lowest BCUT2D eigenvalue weighted by molar-refractivity contribution is 0.00578. The molecule has 2 aromatic rings. The van der Waals surface area contributed by atoms with Gasteiger partial charge in [0.1, 0.15) is 0 Å². The first-order valence-electron chi connectivity index (χ1n) is 10.5. The molecule has 6 heteroatoms. The summed E-state index contributed by atoms with van der Waals surface area (Å²) >= 11 is 0. The molecule has 2 unspecified atom stereocenters. The van der Waals surface area contributed by atoms with Crippen LogP contribution in [0.5, 0.6) is 0 Å². The Morgan fingerprint density at radius 2 is 1.71 bits per heavy atom. The van der Waals surface area contributed by atoms with Crippen molar-refractivity contribution in [2.24, 2.45) is 5.92 Å². The zero-order valence-electron chi connectivity index (χ0n) is 18.6. The van der Waals surface area contributed by atoms with Gasteiger partial charge >= 0.3 is 7.12 Å². The summed E-state index contributed by atoms with van der Waals surface area (Å²) in [4.78, 5) is 2.47. The summed E-state index contributed by atoms with van der Waals surface area (Å²) in [6.45, 7) is 16.5. The van der Waals surface area contributed by atoms with E-state index in [0.29, 0.717) is 12.0 Å². The Morgan fingerprint density at radius 1 is 1.07 bits per heavy atom. The first-order chi connectivity index (χ1) is 12.9. The van der Waals surface area contributed by atoms with Gasteiger partial charge in [-0.3, -0.25) is 4.68 Å². The molecule has 1 aromatic carbocycles. The Morgan fingerprint density at radius 3 is 2.36 bits per heavy atom. The molecule has 4 rings (SSSR count). The first kappa shape index (κ1) is 19.9. The Bertz CT molecular complexity index is 873. The highest BCUT2D eigenvalue weighted by Gasteiger charge is 2.51. The first-order valence-corrected chi connectivity index (χ1v) is 10.5. The quantitative estimate of drug-likeness (QED) is 0.743. The third-order valence-corrected chi connectivity index (χ3v) is 7.85. The molecule has 0 radical (unpaired) electrons. The zero-order chi connectivity index (χ0) is 20.5. The molecule has 2 fully saturated rings. The number of aromatic nitrogens is 2. The third kappa shape index (κ3) is 3.01. The second-order valence-electron chi connectivity index (χ2n) is 10.2. The zero-order valence-corrected chi connectivity index (χ0v) is 18.6. The predicted molar refractivity (Wildman–Crippen MR) is 115 cm³/mol. The molecule has 2 aliphatic rings. The van der Waals surface area contributed by atoms with Crippen LogP contribution in [0, 0.1) is 5.92 Å². The van der Waals surface area contributed by atoms with Gasteiger partial charge in [-0.25, -0.2) is 0 Å². The van der Waals surface area contributed by atoms with Gasteiger partial charge in [-0.1, -0.05) is 19.1 Å². The van der Waals surface area contributed by atoms with E-state index in [0.717, 1.165) is 29.3 Å². The normalized spacial score (nSPS) is 29.5. The van der Waals surface area contributed by atoms with E-state index in [1.165, 1.54) is 0 Å². The fourth-order valence-electron chi connectivity index (χ4n) is 4.40. The standard InChI is InChI=1S/C22H34BN3O2/c1-15-19(11-12-25(8)20(15,2)3)26-14-16-13-17(9-10-18(16)24-26)23-27-21(4,5)22(6,7)28-23/h9-10,13-15,19H,11-12H2,1-8H3. The molecule has 1 aromatic heterocycles. The lowest BCUT2D eigenvalue weighted by atomic mass is 9.77. The van der Waals surface area contributed by atoms with E-state index >= 15 is 0 Å². The number of nitrogens with zero attached hydrogens (tertiary/aromatic N) is 3. The average molecular weight is 383 g/mol. The summed E-state index contributed by atoms with van der Waals surface area (Å²) in [6, 6.07) is 6.77. The van der Waals surface area contributed by atoms with Crippen molar-refractivity contribution < 1.29 is 9.31 Å². The Balaban J connectivity index is 1.63. The number of likely N-dealkylation sites (tertiary alicyclic amines) is 1. The second kappa shape index (κ2) is 6.31. The van der Waals surface area contributed by atoms with Crippen molar-refractivity contribution in [3.8, 4) is 0 Å². The van der Waals surface area contributed by atoms with Gasteiger partial charge in [-0.2, -0.15) is 5.10 Å². The molecular formula is C22H34BN3O2. The Kier molecular flexibility index (Phi) is 4.49. The molecule has 0 amide bonds. The largest absolute Gasteiger partial charge is 0.494 e. The van der Waals surface area contributed by atoms with Crippen molar-refractivity contribution in [1.82, 2.24) is 14.7 Å². The van der Waals surface area contributed by atoms with Gasteiger partial charge in [0.2, 0.25) is 0 Å². The molecule has 0 saturated carbocycles. The second-order valence-corrected chi connectivity index (χ2v) is 10.2. The van der Waals surface area contributed by atoms with E-state index in [2.05, 4.69) is 89.5 Å². The number of rotatable bonds is 2. The van der Waals surface area contributed by atoms with Crippen LogP contribution in [-0.4, -0.2) is 52.1 Å². The van der Waals surface area contributed by atoms with Crippen LogP contribution < -0.4 is 5.46 Å². The molecule has 2 aliphatic heterocycles. The fourth-order valence-corrected chi connectivity index (χ4v) is 4.40. The number of fused-ring (bicyclic) bond motifs is 1. The van der Waals surface area contributed by atoms with Gasteiger partial charge < -0.3 is 14.2 Å². The van der Waals surface area contributed by atoms with Crippen LogP contribution in [0.2, 0.25) is 0 Å². The van der Waals surface area contributed by atoms with E-state index < -0.39 is 0 Å². The predicted octanol–water partition coefficient (Wildman–Crippen LogP) is 3.63. The summed E-state index contributed by atoms with van der Waals surface area (Å²) in [5.41, 5.74) is 1.60. The van der Waals surface area contributed by atoms with Gasteiger partial charge in [0.05, 0.1) is 22.8 Å². The molecule has 2 atom stereocenters. The van der Waals surface area contributed by atoms with Crippen molar-refractivity contribution in [2.45, 2.75) is 77.7 Å². The van der Waals surface area contributed by atoms with E-state index in [9.17, 15) is 0 Å². The van der Waals surface area contributed by atoms with Crippen molar-refractivity contribution in [1.29, 1.82) is 0 Å². The van der Waals surface area contributed by atoms with E-state index in [1.54, 1.807) is 0 Å². The molecule has 0 spiro atoms. The van der Waals surface area contributed by atoms with Gasteiger partial charge in [-0.15, -0.1) is 0 Å². The lowest BCUT2D eigenvalue weighted by Crippen LogP contribution is -2.53. The molecule has 0 aliphatic carbocycles. The number of piperidine rings is 1. The highest BCUT2D eigenvalue weighted by Crippen LogP contribution is 2.39. The molecule has 2 saturated heterocycles. The highest BCUT2D eigenvalue weighted by atomic mass is 16.7. The molecule has 3 heterocycles. The SMILES string of the molecule is CC1C(n2cc3cc(B4OC(C)(C)C(C)(C)O4)ccc3n2)CCN(C)C1(C)C. The van der Waals surface area contributed by atoms with E-state index in [1.807, 2.05) is 0 Å². The summed E-state index contributed by atoms with van der Waals surface area (Å²) in [7, 11) is 1.89. The van der Waals surface area contributed by atoms with Crippen molar-refractivity contribution in [2.75, 3.05) is 13.6 Å². The van der Waals surface area contributed by atoms with Gasteiger partial charge in [0, 0.05) is 23.7 Å². The molecular weight excluding hydrogens is 349 g/mol. The van der Waals surface area contributed by atoms with Gasteiger partial charge in [0.25, 0.3) is 0 Å². The summed E-state index contributed by atoms with van der Waals surface area (Å²) in [5.74, 6) is 0.517. The molecule has 28 heavy (non-hydrogen) atoms. The highest BCUT2D eigenvalue weighted by molar-refractivity contribution is 6.62. The summed E-state index contributed by atoms with van der Waals surface area (Å²) in [5, 5.41) is 6.07. The molecule has 152 valence electrons. The van der Waals surface area contributed by atoms with E-state index in [4.69, 9.17) is 14.4 Å². The fraction of sp³-hybridized carbons (Fsp3) is 0.682. The van der Waals surface area contributed by atoms with Crippen molar-refractivity contribution >= 4 is 23.5 Å². The van der Waals surface area contributed by atoms with Crippen LogP contribution in [0.25, 0.3) is 10.9 Å². The van der Waals surface area contributed by atoms with Crippen LogP contribution in [0.1, 0.15) is 60.9 Å². The Hall–Kier alpha value is -1.37. The monoisotopic (exact) mass is 383 g/mol. The molecule has 0 N–H and O–H groups in total. The minimum Gasteiger partial charge on any atom is -0.399 e. The van der Waals surface area contributed by atoms with Crippen LogP contribution in [0.4, 0.5) is 0 Å². The van der Waals surface area contributed by atoms with Crippen molar-refractivity contribution in [3.63, 3.8) is 0 Å². The van der Waals surface area contributed by atoms with Crippen LogP contribution in [0.15, 0.2) is 24.4 Å². The number of hydrogen-bond acceptors (Lipinski definition) is 4. The topological polar surface area (TPSA) is 39.5 Å². The minimum atomic E-state index is -0.334. The maximum Gasteiger partial charge on any atom is 0.494 e. The van der Waals surface area contributed by atoms with Crippen LogP contribution in [-0.2, 0) is 9.31 Å².